The van der Waals surface area contributed by atoms with E-state index in [2.05, 4.69) is 21.7 Å². The molecule has 0 bridgehead atoms. The van der Waals surface area contributed by atoms with Gasteiger partial charge in [0.25, 0.3) is 0 Å². The second kappa shape index (κ2) is 7.40. The standard InChI is InChI=1S/C21H21N3O2/c1-4-26-21(25)9-14(2)17-11-20-19(23-13-17)10-15(3)24(20)18-7-5-16(12-22)6-8-18/h5-8,10-11,13-14H,4,9H2,1-3H3. The zero-order valence-corrected chi connectivity index (χ0v) is 15.2. The van der Waals surface area contributed by atoms with Crippen LogP contribution in [0.1, 0.15) is 43.0 Å². The van der Waals surface area contributed by atoms with Crippen molar-refractivity contribution < 1.29 is 9.53 Å². The van der Waals surface area contributed by atoms with Crippen LogP contribution in [0.2, 0.25) is 0 Å². The maximum Gasteiger partial charge on any atom is 0.306 e. The third kappa shape index (κ3) is 3.45. The molecule has 0 aliphatic carbocycles. The Morgan fingerprint density at radius 1 is 1.31 bits per heavy atom. The Morgan fingerprint density at radius 2 is 2.04 bits per heavy atom. The van der Waals surface area contributed by atoms with Crippen LogP contribution >= 0.6 is 0 Å². The first kappa shape index (κ1) is 17.7. The molecule has 0 N–H and O–H groups in total. The third-order valence-electron chi connectivity index (χ3n) is 4.46. The smallest absolute Gasteiger partial charge is 0.306 e. The lowest BCUT2D eigenvalue weighted by Gasteiger charge is -2.13. The molecule has 0 fully saturated rings. The minimum atomic E-state index is -0.196. The molecule has 26 heavy (non-hydrogen) atoms. The normalized spacial score (nSPS) is 11.9. The number of pyridine rings is 1. The molecule has 5 nitrogen and oxygen atoms in total. The Morgan fingerprint density at radius 3 is 2.69 bits per heavy atom. The lowest BCUT2D eigenvalue weighted by Crippen LogP contribution is -2.08. The molecule has 5 heteroatoms. The van der Waals surface area contributed by atoms with Crippen LogP contribution in [0.15, 0.2) is 42.6 Å². The minimum Gasteiger partial charge on any atom is -0.466 e. The van der Waals surface area contributed by atoms with Crippen molar-refractivity contribution in [3.05, 3.63) is 59.4 Å². The van der Waals surface area contributed by atoms with Gasteiger partial charge in [-0.15, -0.1) is 0 Å². The summed E-state index contributed by atoms with van der Waals surface area (Å²) in [6, 6.07) is 13.7. The van der Waals surface area contributed by atoms with E-state index in [1.807, 2.05) is 45.2 Å². The molecule has 0 spiro atoms. The number of esters is 1. The van der Waals surface area contributed by atoms with Crippen molar-refractivity contribution in [2.45, 2.75) is 33.1 Å². The van der Waals surface area contributed by atoms with Gasteiger partial charge in [-0.1, -0.05) is 6.92 Å². The number of ether oxygens (including phenoxy) is 1. The Bertz CT molecular complexity index is 981. The van der Waals surface area contributed by atoms with Crippen molar-refractivity contribution in [2.75, 3.05) is 6.61 Å². The molecule has 0 amide bonds. The van der Waals surface area contributed by atoms with Crippen LogP contribution in [-0.4, -0.2) is 22.1 Å². The molecule has 0 saturated carbocycles. The number of hydrogen-bond acceptors (Lipinski definition) is 4. The highest BCUT2D eigenvalue weighted by molar-refractivity contribution is 5.80. The highest BCUT2D eigenvalue weighted by Crippen LogP contribution is 2.27. The number of nitrogens with zero attached hydrogens (tertiary/aromatic N) is 3. The van der Waals surface area contributed by atoms with Gasteiger partial charge in [0.1, 0.15) is 0 Å². The maximum atomic E-state index is 11.8. The average molecular weight is 347 g/mol. The van der Waals surface area contributed by atoms with E-state index in [1.165, 1.54) is 0 Å². The summed E-state index contributed by atoms with van der Waals surface area (Å²) >= 11 is 0. The summed E-state index contributed by atoms with van der Waals surface area (Å²) in [5, 5.41) is 8.99. The Kier molecular flexibility index (Phi) is 5.04. The molecular formula is C21H21N3O2. The topological polar surface area (TPSA) is 67.9 Å². The van der Waals surface area contributed by atoms with E-state index in [0.29, 0.717) is 18.6 Å². The number of hydrogen-bond donors (Lipinski definition) is 0. The van der Waals surface area contributed by atoms with Crippen molar-refractivity contribution in [3.8, 4) is 11.8 Å². The number of rotatable bonds is 5. The van der Waals surface area contributed by atoms with Crippen LogP contribution in [0.5, 0.6) is 0 Å². The van der Waals surface area contributed by atoms with Crippen LogP contribution in [0.4, 0.5) is 0 Å². The highest BCUT2D eigenvalue weighted by Gasteiger charge is 2.15. The van der Waals surface area contributed by atoms with Crippen LogP contribution in [0.25, 0.3) is 16.7 Å². The first-order chi connectivity index (χ1) is 12.5. The fourth-order valence-corrected chi connectivity index (χ4v) is 3.11. The number of nitriles is 1. The third-order valence-corrected chi connectivity index (χ3v) is 4.46. The van der Waals surface area contributed by atoms with Gasteiger partial charge in [0.05, 0.1) is 35.7 Å². The summed E-state index contributed by atoms with van der Waals surface area (Å²) in [5.74, 6) is -0.172. The van der Waals surface area contributed by atoms with Crippen LogP contribution in [0, 0.1) is 18.3 Å². The molecule has 1 atom stereocenters. The monoisotopic (exact) mass is 347 g/mol. The molecule has 1 aromatic carbocycles. The SMILES string of the molecule is CCOC(=O)CC(C)c1cnc2cc(C)n(-c3ccc(C#N)cc3)c2c1. The van der Waals surface area contributed by atoms with Gasteiger partial charge < -0.3 is 9.30 Å². The average Bonchev–Trinajstić information content (AvgIpc) is 2.96. The summed E-state index contributed by atoms with van der Waals surface area (Å²) < 4.78 is 7.16. The summed E-state index contributed by atoms with van der Waals surface area (Å²) in [7, 11) is 0. The van der Waals surface area contributed by atoms with Crippen LogP contribution < -0.4 is 0 Å². The van der Waals surface area contributed by atoms with Gasteiger partial charge in [-0.05, 0) is 61.7 Å². The van der Waals surface area contributed by atoms with Gasteiger partial charge in [-0.25, -0.2) is 0 Å². The number of aryl methyl sites for hydroxylation is 1. The molecule has 2 aromatic heterocycles. The second-order valence-corrected chi connectivity index (χ2v) is 6.36. The van der Waals surface area contributed by atoms with Crippen molar-refractivity contribution in [1.82, 2.24) is 9.55 Å². The molecule has 3 aromatic rings. The Balaban J connectivity index is 2.00. The fourth-order valence-electron chi connectivity index (χ4n) is 3.11. The van der Waals surface area contributed by atoms with Gasteiger partial charge >= 0.3 is 5.97 Å². The van der Waals surface area contributed by atoms with E-state index < -0.39 is 0 Å². The molecule has 0 radical (unpaired) electrons. The summed E-state index contributed by atoms with van der Waals surface area (Å²) in [6.07, 6.45) is 2.16. The van der Waals surface area contributed by atoms with Crippen molar-refractivity contribution in [3.63, 3.8) is 0 Å². The van der Waals surface area contributed by atoms with Crippen LogP contribution in [-0.2, 0) is 9.53 Å². The summed E-state index contributed by atoms with van der Waals surface area (Å²) in [5.41, 5.74) is 5.56. The molecular weight excluding hydrogens is 326 g/mol. The molecule has 0 saturated heterocycles. The van der Waals surface area contributed by atoms with E-state index in [1.54, 1.807) is 12.1 Å². The lowest BCUT2D eigenvalue weighted by molar-refractivity contribution is -0.143. The first-order valence-corrected chi connectivity index (χ1v) is 8.67. The maximum absolute atomic E-state index is 11.8. The van der Waals surface area contributed by atoms with E-state index in [-0.39, 0.29) is 11.9 Å². The van der Waals surface area contributed by atoms with Gasteiger partial charge in [0.15, 0.2) is 0 Å². The molecule has 1 unspecified atom stereocenters. The molecule has 0 aliphatic heterocycles. The minimum absolute atomic E-state index is 0.0237. The predicted octanol–water partition coefficient (Wildman–Crippen LogP) is 4.26. The van der Waals surface area contributed by atoms with E-state index in [9.17, 15) is 4.79 Å². The highest BCUT2D eigenvalue weighted by atomic mass is 16.5. The quantitative estimate of drug-likeness (QED) is 0.647. The number of carbonyl (C=O) groups is 1. The summed E-state index contributed by atoms with van der Waals surface area (Å²) in [4.78, 5) is 16.3. The second-order valence-electron chi connectivity index (χ2n) is 6.36. The van der Waals surface area contributed by atoms with Crippen molar-refractivity contribution >= 4 is 17.0 Å². The first-order valence-electron chi connectivity index (χ1n) is 8.67. The van der Waals surface area contributed by atoms with Gasteiger partial charge in [0.2, 0.25) is 0 Å². The summed E-state index contributed by atoms with van der Waals surface area (Å²) in [6.45, 7) is 6.23. The number of aromatic nitrogens is 2. The van der Waals surface area contributed by atoms with E-state index >= 15 is 0 Å². The molecule has 132 valence electrons. The van der Waals surface area contributed by atoms with Crippen molar-refractivity contribution in [1.29, 1.82) is 5.26 Å². The number of carbonyl (C=O) groups excluding carboxylic acids is 1. The van der Waals surface area contributed by atoms with E-state index in [4.69, 9.17) is 10.00 Å². The zero-order chi connectivity index (χ0) is 18.7. The Labute approximate surface area is 152 Å². The molecule has 0 aliphatic rings. The van der Waals surface area contributed by atoms with Gasteiger partial charge in [0, 0.05) is 17.6 Å². The molecule has 2 heterocycles. The largest absolute Gasteiger partial charge is 0.466 e. The van der Waals surface area contributed by atoms with E-state index in [0.717, 1.165) is 28.0 Å². The lowest BCUT2D eigenvalue weighted by atomic mass is 9.99. The number of benzene rings is 1. The van der Waals surface area contributed by atoms with Gasteiger partial charge in [-0.2, -0.15) is 5.26 Å². The Hall–Kier alpha value is -3.13. The van der Waals surface area contributed by atoms with Crippen molar-refractivity contribution in [2.24, 2.45) is 0 Å². The zero-order valence-electron chi connectivity index (χ0n) is 15.2. The number of fused-ring (bicyclic) bond motifs is 1. The van der Waals surface area contributed by atoms with Gasteiger partial charge in [-0.3, -0.25) is 9.78 Å². The fraction of sp³-hybridized carbons (Fsp3) is 0.286. The van der Waals surface area contributed by atoms with Crippen LogP contribution in [0.3, 0.4) is 0 Å². The molecule has 3 rings (SSSR count). The predicted molar refractivity (Wildman–Crippen MR) is 100 cm³/mol.